The molecule has 2 aromatic rings. The van der Waals surface area contributed by atoms with Crippen molar-refractivity contribution in [2.75, 3.05) is 18.0 Å². The summed E-state index contributed by atoms with van der Waals surface area (Å²) >= 11 is 0. The molecule has 3 rings (SSSR count). The van der Waals surface area contributed by atoms with Gasteiger partial charge in [-0.3, -0.25) is 9.59 Å². The molecule has 1 saturated heterocycles. The van der Waals surface area contributed by atoms with Crippen molar-refractivity contribution in [2.24, 2.45) is 5.92 Å². The highest BCUT2D eigenvalue weighted by Gasteiger charge is 2.31. The van der Waals surface area contributed by atoms with Crippen LogP contribution in [0.1, 0.15) is 78.4 Å². The number of carbonyl (C=O) groups is 2. The Kier molecular flexibility index (Phi) is 8.63. The van der Waals surface area contributed by atoms with Crippen molar-refractivity contribution >= 4 is 17.4 Å². The van der Waals surface area contributed by atoms with Crippen molar-refractivity contribution in [1.29, 1.82) is 0 Å². The van der Waals surface area contributed by atoms with Crippen molar-refractivity contribution in [3.8, 4) is 5.75 Å². The number of benzene rings is 2. The Balaban J connectivity index is 1.71. The summed E-state index contributed by atoms with van der Waals surface area (Å²) < 4.78 is 5.98. The molecule has 1 unspecified atom stereocenters. The lowest BCUT2D eigenvalue weighted by atomic mass is 9.95. The summed E-state index contributed by atoms with van der Waals surface area (Å²) in [6.45, 7) is 15.9. The van der Waals surface area contributed by atoms with Gasteiger partial charge in [0, 0.05) is 37.4 Å². The van der Waals surface area contributed by atoms with E-state index in [-0.39, 0.29) is 23.7 Å². The second kappa shape index (κ2) is 11.3. The molecule has 0 saturated carbocycles. The van der Waals surface area contributed by atoms with E-state index in [2.05, 4.69) is 62.9 Å². The van der Waals surface area contributed by atoms with Gasteiger partial charge < -0.3 is 14.5 Å². The van der Waals surface area contributed by atoms with E-state index in [0.29, 0.717) is 24.8 Å². The predicted molar refractivity (Wildman–Crippen MR) is 143 cm³/mol. The first kappa shape index (κ1) is 26.8. The fourth-order valence-electron chi connectivity index (χ4n) is 4.48. The topological polar surface area (TPSA) is 49.9 Å². The van der Waals surface area contributed by atoms with Gasteiger partial charge in [0.05, 0.1) is 5.92 Å². The van der Waals surface area contributed by atoms with Gasteiger partial charge in [0.15, 0.2) is 11.4 Å². The molecule has 0 N–H and O–H groups in total. The zero-order valence-corrected chi connectivity index (χ0v) is 22.5. The minimum Gasteiger partial charge on any atom is -0.480 e. The van der Waals surface area contributed by atoms with Crippen molar-refractivity contribution in [3.63, 3.8) is 0 Å². The number of anilines is 1. The predicted octanol–water partition coefficient (Wildman–Crippen LogP) is 6.21. The van der Waals surface area contributed by atoms with Crippen molar-refractivity contribution in [3.05, 3.63) is 59.7 Å². The number of piperidine rings is 1. The highest BCUT2D eigenvalue weighted by molar-refractivity contribution is 5.84. The Morgan fingerprint density at radius 1 is 1.09 bits per heavy atom. The van der Waals surface area contributed by atoms with Crippen LogP contribution in [0, 0.1) is 5.92 Å². The third-order valence-electron chi connectivity index (χ3n) is 7.08. The molecular weight excluding hydrogens is 436 g/mol. The lowest BCUT2D eigenvalue weighted by Gasteiger charge is -2.37. The van der Waals surface area contributed by atoms with Gasteiger partial charge in [0.1, 0.15) is 5.75 Å². The number of ketones is 1. The smallest absolute Gasteiger partial charge is 0.228 e. The molecule has 2 aromatic carbocycles. The molecule has 1 aliphatic rings. The van der Waals surface area contributed by atoms with Crippen LogP contribution in [0.3, 0.4) is 0 Å². The monoisotopic (exact) mass is 478 g/mol. The number of carbonyl (C=O) groups excluding carboxylic acids is 2. The van der Waals surface area contributed by atoms with Crippen LogP contribution >= 0.6 is 0 Å². The normalized spacial score (nSPS) is 16.5. The summed E-state index contributed by atoms with van der Waals surface area (Å²) in [5.74, 6) is 1.34. The molecule has 1 heterocycles. The molecule has 1 amide bonds. The van der Waals surface area contributed by atoms with Crippen molar-refractivity contribution in [1.82, 2.24) is 4.90 Å². The van der Waals surface area contributed by atoms with Crippen molar-refractivity contribution < 1.29 is 14.3 Å². The summed E-state index contributed by atoms with van der Waals surface area (Å²) in [5, 5.41) is 0. The molecule has 0 aromatic heterocycles. The molecule has 5 heteroatoms. The average molecular weight is 479 g/mol. The highest BCUT2D eigenvalue weighted by Crippen LogP contribution is 2.29. The fourth-order valence-corrected chi connectivity index (χ4v) is 4.48. The number of rotatable bonds is 9. The van der Waals surface area contributed by atoms with Crippen LogP contribution in [0.5, 0.6) is 5.75 Å². The van der Waals surface area contributed by atoms with E-state index in [1.54, 1.807) is 20.8 Å². The van der Waals surface area contributed by atoms with Crippen LogP contribution in [-0.4, -0.2) is 41.3 Å². The van der Waals surface area contributed by atoms with Crippen LogP contribution in [0.25, 0.3) is 0 Å². The van der Waals surface area contributed by atoms with Crippen molar-refractivity contribution in [2.45, 2.75) is 85.4 Å². The van der Waals surface area contributed by atoms with E-state index in [1.807, 2.05) is 23.1 Å². The molecule has 0 bridgehead atoms. The first-order valence-electron chi connectivity index (χ1n) is 12.9. The van der Waals surface area contributed by atoms with Crippen LogP contribution in [-0.2, 0) is 16.1 Å². The number of hydrogen-bond acceptors (Lipinski definition) is 4. The minimum absolute atomic E-state index is 0.0147. The molecule has 0 radical (unpaired) electrons. The third kappa shape index (κ3) is 6.87. The fraction of sp³-hybridized carbons (Fsp3) is 0.533. The summed E-state index contributed by atoms with van der Waals surface area (Å²) in [6, 6.07) is 16.7. The van der Waals surface area contributed by atoms with E-state index < -0.39 is 5.60 Å². The van der Waals surface area contributed by atoms with Crippen LogP contribution in [0.2, 0.25) is 0 Å². The van der Waals surface area contributed by atoms with E-state index in [4.69, 9.17) is 4.74 Å². The lowest BCUT2D eigenvalue weighted by Crippen LogP contribution is -2.47. The number of nitrogens with zero attached hydrogens (tertiary/aromatic N) is 2. The van der Waals surface area contributed by atoms with E-state index in [9.17, 15) is 9.59 Å². The Morgan fingerprint density at radius 3 is 2.37 bits per heavy atom. The van der Waals surface area contributed by atoms with E-state index >= 15 is 0 Å². The number of amides is 1. The van der Waals surface area contributed by atoms with Gasteiger partial charge in [-0.1, -0.05) is 44.2 Å². The van der Waals surface area contributed by atoms with Gasteiger partial charge in [-0.25, -0.2) is 0 Å². The summed E-state index contributed by atoms with van der Waals surface area (Å²) in [7, 11) is 0. The van der Waals surface area contributed by atoms with E-state index in [1.165, 1.54) is 11.1 Å². The molecular formula is C30H42N2O3. The Bertz CT molecular complexity index is 1010. The Hall–Kier alpha value is -2.82. The largest absolute Gasteiger partial charge is 0.480 e. The first-order chi connectivity index (χ1) is 16.5. The SMILES string of the molecule is CC(=O)C(C)(C)Oc1cccc(N2CCCC(C(=O)N(Cc3ccc(C(C)C)cc3)C(C)C)C2)c1. The minimum atomic E-state index is -0.871. The molecule has 1 aliphatic heterocycles. The van der Waals surface area contributed by atoms with Gasteiger partial charge in [0.2, 0.25) is 5.91 Å². The molecule has 1 atom stereocenters. The standard InChI is InChI=1S/C30H42N2O3/c1-21(2)25-15-13-24(14-16-25)19-32(22(3)4)29(34)26-10-9-17-31(20-26)27-11-8-12-28(18-27)35-30(6,7)23(5)33/h8,11-16,18,21-22,26H,9-10,17,19-20H2,1-7H3. The van der Waals surface area contributed by atoms with Gasteiger partial charge in [-0.15, -0.1) is 0 Å². The quantitative estimate of drug-likeness (QED) is 0.430. The first-order valence-corrected chi connectivity index (χ1v) is 12.9. The molecule has 0 spiro atoms. The zero-order valence-electron chi connectivity index (χ0n) is 22.5. The summed E-state index contributed by atoms with van der Waals surface area (Å²) in [5.41, 5.74) is 2.64. The van der Waals surface area contributed by atoms with Crippen LogP contribution in [0.4, 0.5) is 5.69 Å². The summed E-state index contributed by atoms with van der Waals surface area (Å²) in [6.07, 6.45) is 1.87. The Labute approximate surface area is 211 Å². The lowest BCUT2D eigenvalue weighted by molar-refractivity contribution is -0.138. The molecule has 0 aliphatic carbocycles. The van der Waals surface area contributed by atoms with Gasteiger partial charge in [0.25, 0.3) is 0 Å². The molecule has 190 valence electrons. The maximum absolute atomic E-state index is 13.7. The van der Waals surface area contributed by atoms with Crippen LogP contribution in [0.15, 0.2) is 48.5 Å². The zero-order chi connectivity index (χ0) is 25.8. The average Bonchev–Trinajstić information content (AvgIpc) is 2.82. The number of Topliss-reactive ketones (excluding diaryl/α,β-unsaturated/α-hetero) is 1. The number of hydrogen-bond donors (Lipinski definition) is 0. The summed E-state index contributed by atoms with van der Waals surface area (Å²) in [4.78, 5) is 29.9. The van der Waals surface area contributed by atoms with E-state index in [0.717, 1.165) is 25.1 Å². The molecule has 1 fully saturated rings. The molecule has 35 heavy (non-hydrogen) atoms. The van der Waals surface area contributed by atoms with Gasteiger partial charge in [-0.2, -0.15) is 0 Å². The Morgan fingerprint density at radius 2 is 1.77 bits per heavy atom. The third-order valence-corrected chi connectivity index (χ3v) is 7.08. The van der Waals surface area contributed by atoms with Gasteiger partial charge >= 0.3 is 0 Å². The van der Waals surface area contributed by atoms with Gasteiger partial charge in [-0.05, 0) is 76.6 Å². The number of ether oxygens (including phenoxy) is 1. The highest BCUT2D eigenvalue weighted by atomic mass is 16.5. The molecule has 5 nitrogen and oxygen atoms in total. The maximum atomic E-state index is 13.7. The van der Waals surface area contributed by atoms with Crippen LogP contribution < -0.4 is 9.64 Å². The second-order valence-electron chi connectivity index (χ2n) is 10.9. The maximum Gasteiger partial charge on any atom is 0.228 e. The second-order valence-corrected chi connectivity index (χ2v) is 10.9.